The SMILES string of the molecule is CN(C)c1cc(NS(=O)(=O)c2ccccc2)c(O)c2c1C[C@H]1C[C@H]3CC(=O)C(C(N)=O)=C(O)[C@@]3(O)C(=O)C1=C2O. The Kier molecular flexibility index (Phi) is 6.19. The van der Waals surface area contributed by atoms with Crippen molar-refractivity contribution < 1.29 is 43.2 Å². The lowest BCUT2D eigenvalue weighted by atomic mass is 9.59. The molecule has 0 bridgehead atoms. The fraction of sp³-hybridized carbons (Fsp3) is 0.296. The number of sulfonamides is 1. The summed E-state index contributed by atoms with van der Waals surface area (Å²) in [6, 6.07) is 8.83. The number of phenolic OH excluding ortho intramolecular Hbond substituents is 1. The molecule has 0 aliphatic heterocycles. The van der Waals surface area contributed by atoms with Gasteiger partial charge < -0.3 is 31.1 Å². The molecule has 40 heavy (non-hydrogen) atoms. The third-order valence-corrected chi connectivity index (χ3v) is 9.20. The van der Waals surface area contributed by atoms with E-state index in [0.717, 1.165) is 0 Å². The third kappa shape index (κ3) is 3.84. The number of phenols is 1. The first-order valence-corrected chi connectivity index (χ1v) is 13.8. The van der Waals surface area contributed by atoms with Crippen molar-refractivity contribution >= 4 is 44.6 Å². The van der Waals surface area contributed by atoms with Crippen LogP contribution in [0.5, 0.6) is 5.75 Å². The Labute approximate surface area is 229 Å². The van der Waals surface area contributed by atoms with E-state index >= 15 is 0 Å². The Morgan fingerprint density at radius 1 is 1.10 bits per heavy atom. The van der Waals surface area contributed by atoms with Crippen LogP contribution < -0.4 is 15.4 Å². The molecule has 3 atom stereocenters. The molecule has 12 nitrogen and oxygen atoms in total. The second-order valence-corrected chi connectivity index (χ2v) is 12.0. The summed E-state index contributed by atoms with van der Waals surface area (Å²) in [4.78, 5) is 39.6. The average molecular weight is 570 g/mol. The van der Waals surface area contributed by atoms with Crippen LogP contribution in [0.3, 0.4) is 0 Å². The highest BCUT2D eigenvalue weighted by atomic mass is 32.2. The van der Waals surface area contributed by atoms with Crippen LogP contribution in [0, 0.1) is 11.8 Å². The number of aliphatic hydroxyl groups excluding tert-OH is 2. The average Bonchev–Trinajstić information content (AvgIpc) is 2.87. The molecule has 5 rings (SSSR count). The van der Waals surface area contributed by atoms with Crippen molar-refractivity contribution in [2.24, 2.45) is 17.6 Å². The van der Waals surface area contributed by atoms with Crippen molar-refractivity contribution in [2.45, 2.75) is 29.8 Å². The molecule has 0 spiro atoms. The Morgan fingerprint density at radius 3 is 2.35 bits per heavy atom. The predicted molar refractivity (Wildman–Crippen MR) is 143 cm³/mol. The fourth-order valence-corrected chi connectivity index (χ4v) is 7.03. The lowest BCUT2D eigenvalue weighted by molar-refractivity contribution is -0.147. The van der Waals surface area contributed by atoms with E-state index in [-0.39, 0.29) is 34.6 Å². The van der Waals surface area contributed by atoms with Gasteiger partial charge in [-0.15, -0.1) is 0 Å². The number of nitrogens with two attached hydrogens (primary N) is 1. The molecule has 3 aliphatic carbocycles. The normalized spacial score (nSPS) is 24.3. The molecule has 0 saturated heterocycles. The van der Waals surface area contributed by atoms with E-state index in [2.05, 4.69) is 4.72 Å². The van der Waals surface area contributed by atoms with E-state index in [0.29, 0.717) is 11.3 Å². The first-order valence-electron chi connectivity index (χ1n) is 12.3. The highest BCUT2D eigenvalue weighted by Gasteiger charge is 2.60. The van der Waals surface area contributed by atoms with E-state index in [4.69, 9.17) is 5.73 Å². The van der Waals surface area contributed by atoms with E-state index in [1.54, 1.807) is 25.1 Å². The van der Waals surface area contributed by atoms with Gasteiger partial charge in [0.1, 0.15) is 17.1 Å². The number of amides is 1. The maximum Gasteiger partial charge on any atom is 0.262 e. The zero-order valence-electron chi connectivity index (χ0n) is 21.5. The van der Waals surface area contributed by atoms with Crippen molar-refractivity contribution in [3.63, 3.8) is 0 Å². The van der Waals surface area contributed by atoms with E-state index in [1.165, 1.54) is 30.3 Å². The Bertz CT molecular complexity index is 1660. The Hall–Kier alpha value is -4.36. The van der Waals surface area contributed by atoms with Gasteiger partial charge in [-0.25, -0.2) is 8.42 Å². The van der Waals surface area contributed by atoms with Gasteiger partial charge in [0.25, 0.3) is 15.9 Å². The lowest BCUT2D eigenvalue weighted by Crippen LogP contribution is -2.58. The number of rotatable bonds is 5. The summed E-state index contributed by atoms with van der Waals surface area (Å²) in [5.41, 5.74) is 1.69. The van der Waals surface area contributed by atoms with Crippen molar-refractivity contribution in [3.05, 3.63) is 64.4 Å². The molecular formula is C27H27N3O9S. The van der Waals surface area contributed by atoms with Gasteiger partial charge in [0.05, 0.1) is 16.1 Å². The number of hydrogen-bond donors (Lipinski definition) is 6. The molecule has 1 saturated carbocycles. The number of carbonyl (C=O) groups excluding carboxylic acids is 3. The standard InChI is InChI=1S/C27H27N3O9S/c1-30(2)17-11-16(29-40(38,39)14-6-4-3-5-7-14)22(32)20-15(17)9-12-8-13-10-18(31)21(26(28)36)25(35)27(13,37)24(34)19(12)23(20)33/h3-7,11-13,29,32-33,35,37H,8-10H2,1-2H3,(H2,28,36)/t12-,13+,27+/m1/s1. The number of aliphatic hydroxyl groups is 3. The van der Waals surface area contributed by atoms with Crippen molar-refractivity contribution in [3.8, 4) is 5.75 Å². The summed E-state index contributed by atoms with van der Waals surface area (Å²) in [7, 11) is -0.801. The second kappa shape index (κ2) is 9.10. The molecule has 0 radical (unpaired) electrons. The fourth-order valence-electron chi connectivity index (χ4n) is 5.95. The smallest absolute Gasteiger partial charge is 0.262 e. The minimum absolute atomic E-state index is 0.0149. The van der Waals surface area contributed by atoms with Gasteiger partial charge in [-0.05, 0) is 42.5 Å². The van der Waals surface area contributed by atoms with Gasteiger partial charge in [0.2, 0.25) is 5.78 Å². The van der Waals surface area contributed by atoms with Gasteiger partial charge in [-0.3, -0.25) is 19.1 Å². The molecular weight excluding hydrogens is 542 g/mol. The van der Waals surface area contributed by atoms with Crippen LogP contribution in [0.2, 0.25) is 0 Å². The van der Waals surface area contributed by atoms with E-state index in [9.17, 15) is 43.2 Å². The van der Waals surface area contributed by atoms with Crippen LogP contribution in [-0.4, -0.2) is 66.0 Å². The number of fused-ring (bicyclic) bond motifs is 3. The first kappa shape index (κ1) is 27.2. The summed E-state index contributed by atoms with van der Waals surface area (Å²) in [6.07, 6.45) is -0.353. The van der Waals surface area contributed by atoms with E-state index < -0.39 is 74.2 Å². The molecule has 2 aromatic rings. The minimum Gasteiger partial charge on any atom is -0.508 e. The predicted octanol–water partition coefficient (Wildman–Crippen LogP) is 1.29. The molecule has 0 heterocycles. The summed E-state index contributed by atoms with van der Waals surface area (Å²) < 4.78 is 28.4. The lowest BCUT2D eigenvalue weighted by Gasteiger charge is -2.46. The Balaban J connectivity index is 1.69. The maximum atomic E-state index is 13.7. The number of ketones is 2. The van der Waals surface area contributed by atoms with Crippen molar-refractivity contribution in [1.82, 2.24) is 0 Å². The number of carbonyl (C=O) groups is 3. The number of hydrogen-bond acceptors (Lipinski definition) is 10. The number of Topliss-reactive ketones (excluding diaryl/α,β-unsaturated/α-hetero) is 2. The van der Waals surface area contributed by atoms with Gasteiger partial charge in [-0.2, -0.15) is 0 Å². The molecule has 13 heteroatoms. The number of benzene rings is 2. The minimum atomic E-state index is -4.16. The molecule has 0 aromatic heterocycles. The van der Waals surface area contributed by atoms with Crippen LogP contribution in [0.15, 0.2) is 58.2 Å². The summed E-state index contributed by atoms with van der Waals surface area (Å²) >= 11 is 0. The summed E-state index contributed by atoms with van der Waals surface area (Å²) in [6.45, 7) is 0. The van der Waals surface area contributed by atoms with E-state index in [1.807, 2.05) is 0 Å². The number of nitrogens with zero attached hydrogens (tertiary/aromatic N) is 1. The number of anilines is 2. The van der Waals surface area contributed by atoms with Crippen LogP contribution in [0.4, 0.5) is 11.4 Å². The van der Waals surface area contributed by atoms with Crippen LogP contribution in [-0.2, 0) is 30.8 Å². The van der Waals surface area contributed by atoms with Crippen LogP contribution in [0.1, 0.15) is 24.0 Å². The zero-order valence-corrected chi connectivity index (χ0v) is 22.3. The molecule has 0 unspecified atom stereocenters. The van der Waals surface area contributed by atoms with Gasteiger partial charge in [-0.1, -0.05) is 18.2 Å². The summed E-state index contributed by atoms with van der Waals surface area (Å²) in [5, 5.41) is 44.7. The highest BCUT2D eigenvalue weighted by molar-refractivity contribution is 7.92. The quantitative estimate of drug-likeness (QED) is 0.225. The molecule has 1 fully saturated rings. The number of primary amides is 1. The van der Waals surface area contributed by atoms with Gasteiger partial charge in [0, 0.05) is 37.7 Å². The number of aromatic hydroxyl groups is 1. The Morgan fingerprint density at radius 2 is 1.75 bits per heavy atom. The van der Waals surface area contributed by atoms with Crippen molar-refractivity contribution in [2.75, 3.05) is 23.7 Å². The second-order valence-electron chi connectivity index (χ2n) is 10.4. The zero-order chi connectivity index (χ0) is 29.3. The van der Waals surface area contributed by atoms with Gasteiger partial charge in [0.15, 0.2) is 17.1 Å². The maximum absolute atomic E-state index is 13.7. The first-order chi connectivity index (χ1) is 18.7. The van der Waals surface area contributed by atoms with Crippen molar-refractivity contribution in [1.29, 1.82) is 0 Å². The molecule has 1 amide bonds. The highest BCUT2D eigenvalue weighted by Crippen LogP contribution is 2.54. The molecule has 7 N–H and O–H groups in total. The third-order valence-electron chi connectivity index (χ3n) is 7.82. The monoisotopic (exact) mass is 569 g/mol. The van der Waals surface area contributed by atoms with Crippen LogP contribution >= 0.6 is 0 Å². The topological polar surface area (TPSA) is 208 Å². The molecule has 210 valence electrons. The van der Waals surface area contributed by atoms with Gasteiger partial charge >= 0.3 is 0 Å². The molecule has 3 aliphatic rings. The summed E-state index contributed by atoms with van der Waals surface area (Å²) in [5.74, 6) is -7.59. The number of nitrogens with one attached hydrogen (secondary N) is 1. The molecule has 2 aromatic carbocycles. The van der Waals surface area contributed by atoms with Crippen LogP contribution in [0.25, 0.3) is 5.76 Å². The largest absolute Gasteiger partial charge is 0.508 e.